The zero-order chi connectivity index (χ0) is 18.0. The first kappa shape index (κ1) is 17.4. The maximum Gasteiger partial charge on any atom is 0.332 e. The van der Waals surface area contributed by atoms with Crippen LogP contribution in [0.3, 0.4) is 0 Å². The topological polar surface area (TPSA) is 57.7 Å². The molecule has 5 heteroatoms. The van der Waals surface area contributed by atoms with Crippen LogP contribution in [0, 0.1) is 17.3 Å². The zero-order valence-corrected chi connectivity index (χ0v) is 14.7. The Labute approximate surface area is 148 Å². The Hall–Kier alpha value is -2.43. The summed E-state index contributed by atoms with van der Waals surface area (Å²) in [6.07, 6.45) is 18.8. The first-order chi connectivity index (χ1) is 12.0. The van der Waals surface area contributed by atoms with E-state index in [0.717, 1.165) is 22.6 Å². The van der Waals surface area contributed by atoms with Gasteiger partial charge >= 0.3 is 6.03 Å². The molecular weight excluding hydrogens is 316 g/mol. The van der Waals surface area contributed by atoms with Crippen LogP contribution in [-0.4, -0.2) is 41.7 Å². The maximum atomic E-state index is 13.4. The molecule has 5 nitrogen and oxygen atoms in total. The predicted octanol–water partition coefficient (Wildman–Crippen LogP) is 3.07. The number of allylic oxidation sites excluding steroid dienone is 8. The van der Waals surface area contributed by atoms with Crippen molar-refractivity contribution in [1.82, 2.24) is 9.80 Å². The van der Waals surface area contributed by atoms with Gasteiger partial charge in [-0.1, -0.05) is 48.6 Å². The fourth-order valence-electron chi connectivity index (χ4n) is 4.20. The number of carbonyl (C=O) groups excluding carboxylic acids is 3. The molecule has 132 valence electrons. The van der Waals surface area contributed by atoms with Crippen LogP contribution in [0.5, 0.6) is 0 Å². The van der Waals surface area contributed by atoms with Gasteiger partial charge in [0.2, 0.25) is 11.8 Å². The van der Waals surface area contributed by atoms with Crippen molar-refractivity contribution < 1.29 is 14.4 Å². The number of amides is 4. The molecule has 25 heavy (non-hydrogen) atoms. The van der Waals surface area contributed by atoms with E-state index in [2.05, 4.69) is 0 Å². The second-order valence-electron chi connectivity index (χ2n) is 6.87. The number of urea groups is 1. The standard InChI is InChI=1S/C20H24N2O3/c1-21-17(23)20(18(24)22(2)19(21)25,15-11-7-3-4-8-12-15)16-13-9-5-6-10-14-16/h3-7,9,11,13,15-16H,8,10,12,14H2,1-2H3. The van der Waals surface area contributed by atoms with Gasteiger partial charge < -0.3 is 0 Å². The predicted molar refractivity (Wildman–Crippen MR) is 95.4 cm³/mol. The summed E-state index contributed by atoms with van der Waals surface area (Å²) >= 11 is 0. The highest BCUT2D eigenvalue weighted by Crippen LogP contribution is 2.48. The van der Waals surface area contributed by atoms with E-state index in [9.17, 15) is 14.4 Å². The van der Waals surface area contributed by atoms with Crippen molar-refractivity contribution in [2.45, 2.75) is 25.7 Å². The lowest BCUT2D eigenvalue weighted by molar-refractivity contribution is -0.164. The van der Waals surface area contributed by atoms with E-state index in [0.29, 0.717) is 12.8 Å². The van der Waals surface area contributed by atoms with E-state index < -0.39 is 11.4 Å². The van der Waals surface area contributed by atoms with Crippen molar-refractivity contribution in [3.05, 3.63) is 48.6 Å². The van der Waals surface area contributed by atoms with Gasteiger partial charge in [0.05, 0.1) is 0 Å². The zero-order valence-electron chi connectivity index (χ0n) is 14.7. The van der Waals surface area contributed by atoms with Gasteiger partial charge in [-0.2, -0.15) is 0 Å². The van der Waals surface area contributed by atoms with Crippen LogP contribution in [-0.2, 0) is 9.59 Å². The molecule has 2 atom stereocenters. The summed E-state index contributed by atoms with van der Waals surface area (Å²) < 4.78 is 0. The third kappa shape index (κ3) is 2.68. The van der Waals surface area contributed by atoms with Gasteiger partial charge in [-0.25, -0.2) is 4.79 Å². The molecule has 3 rings (SSSR count). The van der Waals surface area contributed by atoms with Crippen LogP contribution in [0.1, 0.15) is 25.7 Å². The minimum Gasteiger partial charge on any atom is -0.273 e. The van der Waals surface area contributed by atoms with E-state index >= 15 is 0 Å². The van der Waals surface area contributed by atoms with Crippen molar-refractivity contribution in [2.75, 3.05) is 14.1 Å². The van der Waals surface area contributed by atoms with Gasteiger partial charge in [0.15, 0.2) is 0 Å². The molecule has 0 aromatic carbocycles. The van der Waals surface area contributed by atoms with E-state index in [-0.39, 0.29) is 23.7 Å². The van der Waals surface area contributed by atoms with E-state index in [1.807, 2.05) is 48.6 Å². The number of carbonyl (C=O) groups is 3. The molecule has 4 amide bonds. The molecule has 3 aliphatic rings. The SMILES string of the molecule is CN1C(=O)N(C)C(=O)C(C2C=CC=CCC2)(C2C=CC=CCC2)C1=O. The normalized spacial score (nSPS) is 29.1. The molecule has 1 saturated heterocycles. The van der Waals surface area contributed by atoms with Gasteiger partial charge in [0.25, 0.3) is 0 Å². The molecule has 0 aromatic rings. The molecule has 1 heterocycles. The molecule has 0 N–H and O–H groups in total. The third-order valence-electron chi connectivity index (χ3n) is 5.53. The molecule has 1 fully saturated rings. The monoisotopic (exact) mass is 340 g/mol. The lowest BCUT2D eigenvalue weighted by Crippen LogP contribution is -2.67. The Morgan fingerprint density at radius 3 is 1.68 bits per heavy atom. The molecule has 2 unspecified atom stereocenters. The third-order valence-corrected chi connectivity index (χ3v) is 5.53. The summed E-state index contributed by atoms with van der Waals surface area (Å²) in [5, 5.41) is 0. The van der Waals surface area contributed by atoms with Gasteiger partial charge in [0, 0.05) is 25.9 Å². The number of hydrogen-bond donors (Lipinski definition) is 0. The molecule has 0 spiro atoms. The summed E-state index contributed by atoms with van der Waals surface area (Å²) in [5.41, 5.74) is -1.26. The Morgan fingerprint density at radius 1 is 0.800 bits per heavy atom. The second-order valence-corrected chi connectivity index (χ2v) is 6.87. The van der Waals surface area contributed by atoms with Crippen LogP contribution >= 0.6 is 0 Å². The van der Waals surface area contributed by atoms with Crippen LogP contribution in [0.25, 0.3) is 0 Å². The highest BCUT2D eigenvalue weighted by molar-refractivity contribution is 6.19. The fraction of sp³-hybridized carbons (Fsp3) is 0.450. The highest BCUT2D eigenvalue weighted by atomic mass is 16.2. The van der Waals surface area contributed by atoms with Crippen molar-refractivity contribution >= 4 is 17.8 Å². The van der Waals surface area contributed by atoms with Crippen LogP contribution < -0.4 is 0 Å². The lowest BCUT2D eigenvalue weighted by Gasteiger charge is -2.48. The Morgan fingerprint density at radius 2 is 1.24 bits per heavy atom. The second kappa shape index (κ2) is 6.82. The van der Waals surface area contributed by atoms with E-state index in [1.54, 1.807) is 0 Å². The minimum atomic E-state index is -1.26. The summed E-state index contributed by atoms with van der Waals surface area (Å²) in [6.45, 7) is 0. The quantitative estimate of drug-likeness (QED) is 0.726. The van der Waals surface area contributed by atoms with Crippen molar-refractivity contribution in [3.8, 4) is 0 Å². The molecule has 2 aliphatic carbocycles. The first-order valence-electron chi connectivity index (χ1n) is 8.78. The van der Waals surface area contributed by atoms with Crippen molar-refractivity contribution in [2.24, 2.45) is 17.3 Å². The van der Waals surface area contributed by atoms with Crippen molar-refractivity contribution in [1.29, 1.82) is 0 Å². The number of rotatable bonds is 2. The van der Waals surface area contributed by atoms with Gasteiger partial charge in [-0.3, -0.25) is 19.4 Å². The van der Waals surface area contributed by atoms with E-state index in [1.165, 1.54) is 14.1 Å². The maximum absolute atomic E-state index is 13.4. The van der Waals surface area contributed by atoms with Crippen LogP contribution in [0.2, 0.25) is 0 Å². The number of hydrogen-bond acceptors (Lipinski definition) is 3. The molecule has 1 aliphatic heterocycles. The Bertz CT molecular complexity index is 644. The summed E-state index contributed by atoms with van der Waals surface area (Å²) in [4.78, 5) is 41.3. The van der Waals surface area contributed by atoms with Crippen LogP contribution in [0.4, 0.5) is 4.79 Å². The van der Waals surface area contributed by atoms with E-state index in [4.69, 9.17) is 0 Å². The fourth-order valence-corrected chi connectivity index (χ4v) is 4.20. The number of barbiturate groups is 1. The Kier molecular flexibility index (Phi) is 4.75. The minimum absolute atomic E-state index is 0.242. The Balaban J connectivity index is 2.15. The summed E-state index contributed by atoms with van der Waals surface area (Å²) in [7, 11) is 2.94. The van der Waals surface area contributed by atoms with Gasteiger partial charge in [-0.15, -0.1) is 0 Å². The molecule has 0 radical (unpaired) electrons. The van der Waals surface area contributed by atoms with Crippen LogP contribution in [0.15, 0.2) is 48.6 Å². The van der Waals surface area contributed by atoms with Crippen molar-refractivity contribution in [3.63, 3.8) is 0 Å². The summed E-state index contributed by atoms with van der Waals surface area (Å²) in [6, 6.07) is -0.558. The van der Waals surface area contributed by atoms with Gasteiger partial charge in [0.1, 0.15) is 5.41 Å². The van der Waals surface area contributed by atoms with Gasteiger partial charge in [-0.05, 0) is 25.7 Å². The number of imide groups is 2. The highest BCUT2D eigenvalue weighted by Gasteiger charge is 2.61. The molecular formula is C20H24N2O3. The largest absolute Gasteiger partial charge is 0.332 e. The lowest BCUT2D eigenvalue weighted by atomic mass is 9.61. The molecule has 0 aromatic heterocycles. The first-order valence-corrected chi connectivity index (χ1v) is 8.78. The summed E-state index contributed by atoms with van der Waals surface area (Å²) in [5.74, 6) is -1.25. The smallest absolute Gasteiger partial charge is 0.273 e. The average Bonchev–Trinajstić information content (AvgIpc) is 3.05. The average molecular weight is 340 g/mol. The molecule has 0 bridgehead atoms. The number of nitrogens with zero attached hydrogens (tertiary/aromatic N) is 2. The molecule has 0 saturated carbocycles.